The van der Waals surface area contributed by atoms with Crippen LogP contribution in [-0.2, 0) is 71.1 Å². The molecule has 0 amide bonds. The predicted octanol–water partition coefficient (Wildman–Crippen LogP) is -13.9. The van der Waals surface area contributed by atoms with Crippen LogP contribution in [0.15, 0.2) is 0 Å². The third-order valence-corrected chi connectivity index (χ3v) is 17.7. The Morgan fingerprint density at radius 1 is 0.253 bits per heavy atom. The quantitative estimate of drug-likeness (QED) is 0.0452. The van der Waals surface area contributed by atoms with Gasteiger partial charge >= 0.3 is 0 Å². The van der Waals surface area contributed by atoms with E-state index in [1.807, 2.05) is 0 Å². The van der Waals surface area contributed by atoms with Crippen molar-refractivity contribution in [3.05, 3.63) is 0 Å². The van der Waals surface area contributed by atoms with Gasteiger partial charge in [0.1, 0.15) is 183 Å². The Kier molecular flexibility index (Phi) is 26.8. The van der Waals surface area contributed by atoms with E-state index in [4.69, 9.17) is 71.1 Å². The molecule has 0 aromatic rings. The maximum atomic E-state index is 11.7. The lowest BCUT2D eigenvalue weighted by Gasteiger charge is -2.50. The summed E-state index contributed by atoms with van der Waals surface area (Å²) < 4.78 is 86.5. The van der Waals surface area contributed by atoms with Crippen molar-refractivity contribution in [2.75, 3.05) is 39.6 Å². The van der Waals surface area contributed by atoms with Crippen LogP contribution < -0.4 is 0 Å². The zero-order chi connectivity index (χ0) is 66.9. The number of aliphatic hydroxyl groups excluding tert-OH is 23. The monoisotopic (exact) mass is 1340 g/mol. The van der Waals surface area contributed by atoms with Crippen molar-refractivity contribution >= 4 is 0 Å². The summed E-state index contributed by atoms with van der Waals surface area (Å²) in [6, 6.07) is 0. The maximum absolute atomic E-state index is 11.7. The third kappa shape index (κ3) is 15.8. The average Bonchev–Trinajstić information content (AvgIpc) is 0.807. The minimum absolute atomic E-state index is 0.0192. The first-order chi connectivity index (χ1) is 43.1. The summed E-state index contributed by atoms with van der Waals surface area (Å²) in [7, 11) is 0. The molecule has 8 aliphatic rings. The predicted molar refractivity (Wildman–Crippen MR) is 283 cm³/mol. The Hall–Kier alpha value is -1.52. The first-order valence-electron chi connectivity index (χ1n) is 30.1. The molecule has 0 bridgehead atoms. The van der Waals surface area contributed by atoms with E-state index in [1.54, 1.807) is 20.8 Å². The van der Waals surface area contributed by atoms with Crippen molar-refractivity contribution in [3.63, 3.8) is 0 Å². The summed E-state index contributed by atoms with van der Waals surface area (Å²) in [5.41, 5.74) is 0. The fourth-order valence-electron chi connectivity index (χ4n) is 12.4. The van der Waals surface area contributed by atoms with Gasteiger partial charge in [-0.25, -0.2) is 0 Å². The summed E-state index contributed by atoms with van der Waals surface area (Å²) in [4.78, 5) is 0. The van der Waals surface area contributed by atoms with Gasteiger partial charge in [0.25, 0.3) is 0 Å². The molecule has 40 atom stereocenters. The Balaban J connectivity index is 0.869. The van der Waals surface area contributed by atoms with Gasteiger partial charge in [-0.1, -0.05) is 20.8 Å². The van der Waals surface area contributed by atoms with Gasteiger partial charge in [0.15, 0.2) is 44.0 Å². The van der Waals surface area contributed by atoms with Crippen LogP contribution in [0, 0.1) is 5.92 Å². The van der Waals surface area contributed by atoms with E-state index in [9.17, 15) is 117 Å². The topological polar surface area (TPSA) is 604 Å². The standard InChI is InChI=1S/C53H92O38/c1-5-15-40(27(64)34(71)48(78-15)89-44-20(10-57)84-53(39(76)31(44)68)91-46-22(12-59)82-51(37(74)32(46)69)87-42-18(8-55)77-14(4)23(60)26(42)63)85-49-35(72)28(65)41(16(79-49)6-13(2)3)86-50-36(73)29(66)45(21(11-58)81-50)90-52-38(75)30(67)43(19(9-56)83-52)88-47-33(70)25(62)24(61)17(7-54)80-47/h13-76H,5-12H2,1-4H3. The Morgan fingerprint density at radius 2 is 0.462 bits per heavy atom. The largest absolute Gasteiger partial charge is 0.394 e. The molecule has 23 N–H and O–H groups in total. The zero-order valence-electron chi connectivity index (χ0n) is 49.7. The SMILES string of the molecule is CCC1OC(OC2C(CO)OC(OC3C(CO)OC(OC4C(CO)OC(C)C(O)C4O)C(O)C3O)C(O)C2O)C(O)C(O)C1OC1OC(CC(C)C)C(OC2OC(CO)C(OC3OC(CO)C(OC4OC(CO)C(O)C(O)C4O)C(O)C3O)C(O)C2O)C(O)C1O. The van der Waals surface area contributed by atoms with Gasteiger partial charge < -0.3 is 189 Å². The smallest absolute Gasteiger partial charge is 0.187 e. The van der Waals surface area contributed by atoms with Gasteiger partial charge in [0.05, 0.1) is 58.0 Å². The van der Waals surface area contributed by atoms with E-state index in [0.29, 0.717) is 0 Å². The number of hydrogen-bond donors (Lipinski definition) is 23. The molecule has 0 radical (unpaired) electrons. The molecule has 91 heavy (non-hydrogen) atoms. The van der Waals surface area contributed by atoms with Crippen molar-refractivity contribution in [3.8, 4) is 0 Å². The van der Waals surface area contributed by atoms with Crippen LogP contribution in [-0.4, -0.2) is 403 Å². The molecular weight excluding hydrogens is 1240 g/mol. The molecule has 38 nitrogen and oxygen atoms in total. The van der Waals surface area contributed by atoms with Crippen molar-refractivity contribution in [1.29, 1.82) is 0 Å². The number of rotatable bonds is 23. The van der Waals surface area contributed by atoms with Crippen LogP contribution in [0.5, 0.6) is 0 Å². The lowest BCUT2D eigenvalue weighted by molar-refractivity contribution is -0.397. The highest BCUT2D eigenvalue weighted by molar-refractivity contribution is 5.02. The fourth-order valence-corrected chi connectivity index (χ4v) is 12.4. The van der Waals surface area contributed by atoms with E-state index < -0.39 is 285 Å². The maximum Gasteiger partial charge on any atom is 0.187 e. The molecule has 0 aliphatic carbocycles. The van der Waals surface area contributed by atoms with Crippen LogP contribution in [0.2, 0.25) is 0 Å². The van der Waals surface area contributed by atoms with Gasteiger partial charge in [-0.3, -0.25) is 0 Å². The molecule has 0 saturated carbocycles. The van der Waals surface area contributed by atoms with Gasteiger partial charge in [-0.05, 0) is 25.7 Å². The molecule has 0 aromatic heterocycles. The number of ether oxygens (including phenoxy) is 15. The molecule has 8 heterocycles. The van der Waals surface area contributed by atoms with E-state index in [1.165, 1.54) is 6.92 Å². The molecule has 0 spiro atoms. The number of hydrogen-bond acceptors (Lipinski definition) is 38. The third-order valence-electron chi connectivity index (χ3n) is 17.7. The molecule has 38 heteroatoms. The highest BCUT2D eigenvalue weighted by Crippen LogP contribution is 2.40. The van der Waals surface area contributed by atoms with Crippen molar-refractivity contribution < 1.29 is 189 Å². The first kappa shape index (κ1) is 75.3. The second kappa shape index (κ2) is 32.4. The van der Waals surface area contributed by atoms with Crippen LogP contribution in [0.4, 0.5) is 0 Å². The molecule has 532 valence electrons. The fraction of sp³-hybridized carbons (Fsp3) is 1.00. The Labute approximate surface area is 519 Å². The van der Waals surface area contributed by atoms with Gasteiger partial charge in [-0.15, -0.1) is 0 Å². The summed E-state index contributed by atoms with van der Waals surface area (Å²) in [5.74, 6) is -0.269. The second-order valence-electron chi connectivity index (χ2n) is 24.4. The van der Waals surface area contributed by atoms with Gasteiger partial charge in [0.2, 0.25) is 0 Å². The molecule has 8 aliphatic heterocycles. The van der Waals surface area contributed by atoms with Crippen LogP contribution in [0.1, 0.15) is 40.5 Å². The molecule has 0 aromatic carbocycles. The van der Waals surface area contributed by atoms with E-state index in [-0.39, 0.29) is 18.8 Å². The summed E-state index contributed by atoms with van der Waals surface area (Å²) in [5, 5.41) is 249. The summed E-state index contributed by atoms with van der Waals surface area (Å²) >= 11 is 0. The summed E-state index contributed by atoms with van der Waals surface area (Å²) in [6.45, 7) is 1.05. The first-order valence-corrected chi connectivity index (χ1v) is 30.1. The summed E-state index contributed by atoms with van der Waals surface area (Å²) in [6.07, 6.45) is -71.5. The molecule has 8 rings (SSSR count). The minimum Gasteiger partial charge on any atom is -0.394 e. The lowest BCUT2D eigenvalue weighted by atomic mass is 9.91. The average molecular weight is 1340 g/mol. The molecule has 8 saturated heterocycles. The van der Waals surface area contributed by atoms with E-state index in [0.717, 1.165) is 0 Å². The van der Waals surface area contributed by atoms with Crippen LogP contribution >= 0.6 is 0 Å². The normalized spacial score (nSPS) is 52.7. The Morgan fingerprint density at radius 3 is 0.725 bits per heavy atom. The van der Waals surface area contributed by atoms with Crippen molar-refractivity contribution in [2.45, 2.75) is 286 Å². The minimum atomic E-state index is -2.13. The van der Waals surface area contributed by atoms with Crippen molar-refractivity contribution in [1.82, 2.24) is 0 Å². The second-order valence-corrected chi connectivity index (χ2v) is 24.4. The lowest BCUT2D eigenvalue weighted by Crippen LogP contribution is -2.68. The molecule has 40 unspecified atom stereocenters. The van der Waals surface area contributed by atoms with Crippen LogP contribution in [0.25, 0.3) is 0 Å². The molecule has 8 fully saturated rings. The van der Waals surface area contributed by atoms with Gasteiger partial charge in [-0.2, -0.15) is 0 Å². The Bertz CT molecular complexity index is 2170. The van der Waals surface area contributed by atoms with E-state index >= 15 is 0 Å². The zero-order valence-corrected chi connectivity index (χ0v) is 49.7. The van der Waals surface area contributed by atoms with Gasteiger partial charge in [0, 0.05) is 0 Å². The van der Waals surface area contributed by atoms with Crippen LogP contribution in [0.3, 0.4) is 0 Å². The molecular formula is C53H92O38. The number of aliphatic hydroxyl groups is 23. The van der Waals surface area contributed by atoms with E-state index in [2.05, 4.69) is 0 Å². The highest BCUT2D eigenvalue weighted by atomic mass is 16.8. The highest BCUT2D eigenvalue weighted by Gasteiger charge is 2.59. The van der Waals surface area contributed by atoms with Crippen molar-refractivity contribution in [2.24, 2.45) is 5.92 Å².